The number of hydrogen-bond donors (Lipinski definition) is 2. The van der Waals surface area contributed by atoms with Crippen LogP contribution < -0.4 is 15.8 Å². The quantitative estimate of drug-likeness (QED) is 0.659. The summed E-state index contributed by atoms with van der Waals surface area (Å²) in [5.41, 5.74) is 3.75. The number of aromatic nitrogens is 2. The average Bonchev–Trinajstić information content (AvgIpc) is 3.49. The van der Waals surface area contributed by atoms with E-state index < -0.39 is 23.5 Å². The van der Waals surface area contributed by atoms with Crippen molar-refractivity contribution in [2.75, 3.05) is 23.8 Å². The third-order valence-electron chi connectivity index (χ3n) is 6.16. The number of fused-ring (bicyclic) bond motifs is 1. The van der Waals surface area contributed by atoms with Crippen LogP contribution >= 0.6 is 0 Å². The van der Waals surface area contributed by atoms with Crippen molar-refractivity contribution < 1.29 is 27.6 Å². The van der Waals surface area contributed by atoms with E-state index in [1.54, 1.807) is 41.0 Å². The molecular formula is C21H22F3N7O3. The van der Waals surface area contributed by atoms with Crippen molar-refractivity contribution in [1.82, 2.24) is 25.3 Å². The Labute approximate surface area is 192 Å². The summed E-state index contributed by atoms with van der Waals surface area (Å²) in [4.78, 5) is 34.2. The molecule has 2 atom stereocenters. The van der Waals surface area contributed by atoms with E-state index >= 15 is 0 Å². The van der Waals surface area contributed by atoms with Crippen LogP contribution in [0.3, 0.4) is 0 Å². The Hall–Kier alpha value is -3.74. The number of benzene rings is 1. The lowest BCUT2D eigenvalue weighted by Crippen LogP contribution is -2.47. The summed E-state index contributed by atoms with van der Waals surface area (Å²) in [5, 5.41) is 8.46. The minimum Gasteiger partial charge on any atom is -0.392 e. The van der Waals surface area contributed by atoms with Crippen LogP contribution in [0.4, 0.5) is 29.3 Å². The summed E-state index contributed by atoms with van der Waals surface area (Å²) in [6.07, 6.45) is 3.65. The van der Waals surface area contributed by atoms with Crippen LogP contribution in [0.5, 0.6) is 0 Å². The zero-order valence-electron chi connectivity index (χ0n) is 18.4. The molecule has 0 bridgehead atoms. The van der Waals surface area contributed by atoms with Crippen LogP contribution in [0.15, 0.2) is 30.3 Å². The standard InChI is InChI=1S/C21H22F3N7O3/c1-11-7-31-17(9-29(11)21(33)26-13-4-14(22)20(24)15(23)5-13)16(6-25-31)30-8-12(3-19(30)32)18-10-28(2)27-34-18/h4-6,10-12,27H,3,7-9H2,1-2H3,(H,26,33)/t11-,12?/m0/s1. The smallest absolute Gasteiger partial charge is 0.322 e. The molecule has 13 heteroatoms. The molecule has 1 fully saturated rings. The number of hydrazine groups is 1. The van der Waals surface area contributed by atoms with Crippen molar-refractivity contribution >= 4 is 23.3 Å². The molecule has 0 radical (unpaired) electrons. The Morgan fingerprint density at radius 1 is 1.24 bits per heavy atom. The van der Waals surface area contributed by atoms with Crippen LogP contribution in [0.1, 0.15) is 19.0 Å². The second kappa shape index (κ2) is 8.24. The predicted octanol–water partition coefficient (Wildman–Crippen LogP) is 2.31. The van der Waals surface area contributed by atoms with Crippen LogP contribution in [-0.4, -0.2) is 51.3 Å². The van der Waals surface area contributed by atoms with Crippen molar-refractivity contribution in [3.63, 3.8) is 0 Å². The summed E-state index contributed by atoms with van der Waals surface area (Å²) in [6.45, 7) is 2.69. The SMILES string of the molecule is C[C@H]1Cn2ncc(N3CC(C4=CN(C)NO4)CC3=O)c2CN1C(=O)Nc1cc(F)c(F)c(F)c1. The maximum atomic E-state index is 13.5. The molecule has 0 aliphatic carbocycles. The van der Waals surface area contributed by atoms with E-state index in [1.165, 1.54) is 4.90 Å². The monoisotopic (exact) mass is 477 g/mol. The van der Waals surface area contributed by atoms with Crippen molar-refractivity contribution in [3.05, 3.63) is 53.4 Å². The molecule has 1 aromatic carbocycles. The first-order chi connectivity index (χ1) is 16.2. The molecule has 180 valence electrons. The van der Waals surface area contributed by atoms with Gasteiger partial charge in [-0.15, -0.1) is 0 Å². The van der Waals surface area contributed by atoms with E-state index in [9.17, 15) is 22.8 Å². The fourth-order valence-electron chi connectivity index (χ4n) is 4.40. The van der Waals surface area contributed by atoms with Gasteiger partial charge in [0.1, 0.15) is 5.76 Å². The maximum absolute atomic E-state index is 13.5. The van der Waals surface area contributed by atoms with Crippen LogP contribution in [0.25, 0.3) is 0 Å². The molecule has 10 nitrogen and oxygen atoms in total. The van der Waals surface area contributed by atoms with Gasteiger partial charge >= 0.3 is 6.03 Å². The van der Waals surface area contributed by atoms with Gasteiger partial charge in [-0.3, -0.25) is 14.5 Å². The minimum atomic E-state index is -1.60. The Kier molecular flexibility index (Phi) is 5.35. The summed E-state index contributed by atoms with van der Waals surface area (Å²) in [5.74, 6) is -3.96. The molecule has 5 rings (SSSR count). The maximum Gasteiger partial charge on any atom is 0.322 e. The van der Waals surface area contributed by atoms with Crippen LogP contribution in [0, 0.1) is 23.4 Å². The number of urea groups is 1. The Balaban J connectivity index is 1.34. The molecule has 3 amide bonds. The number of halogens is 3. The van der Waals surface area contributed by atoms with E-state index in [-0.39, 0.29) is 36.5 Å². The van der Waals surface area contributed by atoms with Gasteiger partial charge < -0.3 is 20.0 Å². The molecule has 1 unspecified atom stereocenters. The average molecular weight is 477 g/mol. The molecule has 0 saturated carbocycles. The highest BCUT2D eigenvalue weighted by atomic mass is 19.2. The molecule has 34 heavy (non-hydrogen) atoms. The number of hydrogen-bond acceptors (Lipinski definition) is 6. The van der Waals surface area contributed by atoms with Gasteiger partial charge in [-0.25, -0.2) is 18.0 Å². The number of nitrogens with one attached hydrogen (secondary N) is 2. The zero-order chi connectivity index (χ0) is 24.1. The Morgan fingerprint density at radius 3 is 2.65 bits per heavy atom. The van der Waals surface area contributed by atoms with Gasteiger partial charge in [0, 0.05) is 43.8 Å². The molecule has 2 N–H and O–H groups in total. The highest BCUT2D eigenvalue weighted by Gasteiger charge is 2.39. The second-order valence-corrected chi connectivity index (χ2v) is 8.56. The lowest BCUT2D eigenvalue weighted by molar-refractivity contribution is -0.117. The van der Waals surface area contributed by atoms with Gasteiger partial charge in [0.15, 0.2) is 17.5 Å². The highest BCUT2D eigenvalue weighted by molar-refractivity contribution is 5.96. The Bertz CT molecular complexity index is 1180. The number of anilines is 2. The topological polar surface area (TPSA) is 95.0 Å². The molecule has 2 aromatic rings. The van der Waals surface area contributed by atoms with E-state index in [0.29, 0.717) is 30.2 Å². The summed E-state index contributed by atoms with van der Waals surface area (Å²) in [6, 6.07) is 0.530. The lowest BCUT2D eigenvalue weighted by atomic mass is 10.1. The van der Waals surface area contributed by atoms with Crippen molar-refractivity contribution in [3.8, 4) is 0 Å². The van der Waals surface area contributed by atoms with E-state index in [1.807, 2.05) is 0 Å². The number of rotatable bonds is 3. The first-order valence-electron chi connectivity index (χ1n) is 10.7. The fourth-order valence-corrected chi connectivity index (χ4v) is 4.40. The van der Waals surface area contributed by atoms with Crippen LogP contribution in [0.2, 0.25) is 0 Å². The molecule has 0 spiro atoms. The fraction of sp³-hybridized carbons (Fsp3) is 0.381. The number of nitrogens with zero attached hydrogens (tertiary/aromatic N) is 5. The second-order valence-electron chi connectivity index (χ2n) is 8.56. The molecule has 3 aliphatic rings. The lowest BCUT2D eigenvalue weighted by Gasteiger charge is -2.35. The summed E-state index contributed by atoms with van der Waals surface area (Å²) >= 11 is 0. The van der Waals surface area contributed by atoms with E-state index in [4.69, 9.17) is 4.84 Å². The van der Waals surface area contributed by atoms with Crippen molar-refractivity contribution in [1.29, 1.82) is 0 Å². The molecule has 1 saturated heterocycles. The first kappa shape index (κ1) is 22.1. The minimum absolute atomic E-state index is 0.0910. The van der Waals surface area contributed by atoms with Crippen molar-refractivity contribution in [2.24, 2.45) is 5.92 Å². The summed E-state index contributed by atoms with van der Waals surface area (Å²) in [7, 11) is 1.78. The van der Waals surface area contributed by atoms with Gasteiger partial charge in [0.25, 0.3) is 0 Å². The number of carbonyl (C=O) groups is 2. The zero-order valence-corrected chi connectivity index (χ0v) is 18.4. The van der Waals surface area contributed by atoms with Gasteiger partial charge in [-0.1, -0.05) is 5.59 Å². The normalized spacial score (nSPS) is 22.1. The van der Waals surface area contributed by atoms with Gasteiger partial charge in [-0.2, -0.15) is 5.10 Å². The summed E-state index contributed by atoms with van der Waals surface area (Å²) < 4.78 is 42.1. The van der Waals surface area contributed by atoms with Gasteiger partial charge in [0.05, 0.1) is 42.9 Å². The van der Waals surface area contributed by atoms with Crippen molar-refractivity contribution in [2.45, 2.75) is 32.5 Å². The predicted molar refractivity (Wildman–Crippen MR) is 113 cm³/mol. The Morgan fingerprint density at radius 2 is 1.97 bits per heavy atom. The van der Waals surface area contributed by atoms with Crippen LogP contribution in [-0.2, 0) is 22.7 Å². The molecule has 1 aromatic heterocycles. The van der Waals surface area contributed by atoms with E-state index in [2.05, 4.69) is 16.0 Å². The molecule has 4 heterocycles. The largest absolute Gasteiger partial charge is 0.392 e. The third kappa shape index (κ3) is 3.81. The first-order valence-corrected chi connectivity index (χ1v) is 10.7. The number of amides is 3. The number of carbonyl (C=O) groups excluding carboxylic acids is 2. The highest BCUT2D eigenvalue weighted by Crippen LogP contribution is 2.34. The molecular weight excluding hydrogens is 455 g/mol. The van der Waals surface area contributed by atoms with Gasteiger partial charge in [-0.05, 0) is 6.92 Å². The third-order valence-corrected chi connectivity index (χ3v) is 6.16. The molecule has 3 aliphatic heterocycles. The van der Waals surface area contributed by atoms with Gasteiger partial charge in [0.2, 0.25) is 5.91 Å². The van der Waals surface area contributed by atoms with E-state index in [0.717, 1.165) is 12.1 Å².